The minimum Gasteiger partial charge on any atom is -0.206 e. The van der Waals surface area contributed by atoms with Crippen LogP contribution in [0.4, 0.5) is 13.2 Å². The zero-order valence-electron chi connectivity index (χ0n) is 16.7. The van der Waals surface area contributed by atoms with Crippen molar-refractivity contribution in [3.63, 3.8) is 0 Å². The molecule has 4 atom stereocenters. The van der Waals surface area contributed by atoms with Crippen LogP contribution in [-0.2, 0) is 0 Å². The first-order valence-corrected chi connectivity index (χ1v) is 10.9. The van der Waals surface area contributed by atoms with Crippen LogP contribution in [0.5, 0.6) is 0 Å². The quantitative estimate of drug-likeness (QED) is 0.262. The maximum Gasteiger partial charge on any atom is 0.146 e. The summed E-state index contributed by atoms with van der Waals surface area (Å²) in [5, 5.41) is -0.566. The number of allylic oxidation sites excluding steroid dienone is 1. The Labute approximate surface area is 181 Å². The van der Waals surface area contributed by atoms with E-state index in [2.05, 4.69) is 24.5 Å². The van der Waals surface area contributed by atoms with Crippen LogP contribution in [0, 0.1) is 47.0 Å². The molecule has 0 N–H and O–H groups in total. The largest absolute Gasteiger partial charge is 0.206 e. The van der Waals surface area contributed by atoms with Gasteiger partial charge in [-0.1, -0.05) is 35.6 Å². The van der Waals surface area contributed by atoms with Crippen molar-refractivity contribution >= 4 is 11.6 Å². The Morgan fingerprint density at radius 1 is 0.867 bits per heavy atom. The minimum absolute atomic E-state index is 0.117. The summed E-state index contributed by atoms with van der Waals surface area (Å²) in [6, 6.07) is 7.28. The van der Waals surface area contributed by atoms with Gasteiger partial charge in [-0.2, -0.15) is 0 Å². The molecule has 2 saturated carbocycles. The first-order valence-electron chi connectivity index (χ1n) is 10.5. The number of benzene rings is 2. The minimum atomic E-state index is -0.880. The van der Waals surface area contributed by atoms with Gasteiger partial charge >= 0.3 is 0 Å². The third-order valence-electron chi connectivity index (χ3n) is 6.78. The highest BCUT2D eigenvalue weighted by atomic mass is 35.5. The normalized spacial score (nSPS) is 25.7. The van der Waals surface area contributed by atoms with Crippen molar-refractivity contribution in [2.75, 3.05) is 0 Å². The predicted molar refractivity (Wildman–Crippen MR) is 115 cm³/mol. The Morgan fingerprint density at radius 3 is 2.27 bits per heavy atom. The standard InChI is InChI=1S/C26H24ClF3/c1-2-16-3-6-20-14-21(10-9-19(20)11-16)22-8-7-18(23(28)15-22)5-4-17-12-24(29)26(27)25(30)13-17/h2,7-8,12-13,15-16,19-21H,1,3,6,9-11,14H2. The van der Waals surface area contributed by atoms with Gasteiger partial charge in [-0.3, -0.25) is 0 Å². The molecule has 0 aromatic heterocycles. The summed E-state index contributed by atoms with van der Waals surface area (Å²) in [7, 11) is 0. The second-order valence-corrected chi connectivity index (χ2v) is 8.96. The molecule has 0 aliphatic heterocycles. The summed E-state index contributed by atoms with van der Waals surface area (Å²) in [5.41, 5.74) is 1.35. The lowest BCUT2D eigenvalue weighted by atomic mass is 9.64. The van der Waals surface area contributed by atoms with Crippen LogP contribution in [0.2, 0.25) is 5.02 Å². The van der Waals surface area contributed by atoms with Crippen molar-refractivity contribution in [3.8, 4) is 11.8 Å². The molecular formula is C26H24ClF3. The van der Waals surface area contributed by atoms with E-state index < -0.39 is 22.5 Å². The van der Waals surface area contributed by atoms with Crippen LogP contribution in [0.25, 0.3) is 0 Å². The van der Waals surface area contributed by atoms with Crippen LogP contribution in [0.15, 0.2) is 43.0 Å². The molecule has 4 rings (SSSR count). The third kappa shape index (κ3) is 4.44. The molecule has 0 heterocycles. The van der Waals surface area contributed by atoms with E-state index in [-0.39, 0.29) is 11.1 Å². The summed E-state index contributed by atoms with van der Waals surface area (Å²) in [4.78, 5) is 0. The summed E-state index contributed by atoms with van der Waals surface area (Å²) < 4.78 is 41.8. The molecule has 30 heavy (non-hydrogen) atoms. The molecule has 0 radical (unpaired) electrons. The third-order valence-corrected chi connectivity index (χ3v) is 7.14. The van der Waals surface area contributed by atoms with E-state index in [0.29, 0.717) is 11.8 Å². The molecule has 2 fully saturated rings. The highest BCUT2D eigenvalue weighted by molar-refractivity contribution is 6.30. The van der Waals surface area contributed by atoms with Gasteiger partial charge in [0.1, 0.15) is 22.5 Å². The highest BCUT2D eigenvalue weighted by Crippen LogP contribution is 2.47. The van der Waals surface area contributed by atoms with Gasteiger partial charge < -0.3 is 0 Å². The average molecular weight is 429 g/mol. The summed E-state index contributed by atoms with van der Waals surface area (Å²) in [6.07, 6.45) is 9.18. The summed E-state index contributed by atoms with van der Waals surface area (Å²) in [6.45, 7) is 3.95. The molecule has 2 aliphatic carbocycles. The van der Waals surface area contributed by atoms with Crippen molar-refractivity contribution in [3.05, 3.63) is 82.2 Å². The van der Waals surface area contributed by atoms with Crippen molar-refractivity contribution in [1.82, 2.24) is 0 Å². The topological polar surface area (TPSA) is 0 Å². The van der Waals surface area contributed by atoms with E-state index in [9.17, 15) is 13.2 Å². The highest BCUT2D eigenvalue weighted by Gasteiger charge is 2.35. The van der Waals surface area contributed by atoms with Gasteiger partial charge in [-0.05, 0) is 92.0 Å². The molecule has 156 valence electrons. The second-order valence-electron chi connectivity index (χ2n) is 8.58. The van der Waals surface area contributed by atoms with E-state index in [1.54, 1.807) is 12.1 Å². The van der Waals surface area contributed by atoms with Gasteiger partial charge in [0.15, 0.2) is 0 Å². The Hall–Kier alpha value is -2.18. The van der Waals surface area contributed by atoms with Gasteiger partial charge in [0, 0.05) is 5.56 Å². The molecule has 0 bridgehead atoms. The van der Waals surface area contributed by atoms with Gasteiger partial charge in [-0.25, -0.2) is 13.2 Å². The number of fused-ring (bicyclic) bond motifs is 1. The van der Waals surface area contributed by atoms with Gasteiger partial charge in [0.2, 0.25) is 0 Å². The fourth-order valence-corrected chi connectivity index (χ4v) is 5.21. The maximum absolute atomic E-state index is 14.7. The lowest BCUT2D eigenvalue weighted by Crippen LogP contribution is -2.30. The summed E-state index contributed by atoms with van der Waals surface area (Å²) >= 11 is 5.48. The summed E-state index contributed by atoms with van der Waals surface area (Å²) in [5.74, 6) is 5.66. The number of hydrogen-bond donors (Lipinski definition) is 0. The molecule has 0 amide bonds. The SMILES string of the molecule is C=CC1CCC2CC(c3ccc(C#Cc4cc(F)c(Cl)c(F)c4)c(F)c3)CCC2C1. The number of halogens is 4. The zero-order chi connectivity index (χ0) is 21.3. The van der Waals surface area contributed by atoms with Crippen molar-refractivity contribution in [2.24, 2.45) is 17.8 Å². The van der Waals surface area contributed by atoms with Crippen LogP contribution in [0.1, 0.15) is 61.1 Å². The molecule has 4 heteroatoms. The molecule has 0 nitrogen and oxygen atoms in total. The lowest BCUT2D eigenvalue weighted by molar-refractivity contribution is 0.133. The average Bonchev–Trinajstić information content (AvgIpc) is 2.75. The molecule has 0 saturated heterocycles. The van der Waals surface area contributed by atoms with Crippen molar-refractivity contribution in [2.45, 2.75) is 44.4 Å². The molecule has 2 aromatic rings. The van der Waals surface area contributed by atoms with E-state index in [1.165, 1.54) is 25.7 Å². The molecule has 2 aromatic carbocycles. The molecule has 4 unspecified atom stereocenters. The first kappa shape index (κ1) is 21.1. The monoisotopic (exact) mass is 428 g/mol. The first-order chi connectivity index (χ1) is 14.4. The number of rotatable bonds is 2. The van der Waals surface area contributed by atoms with Crippen molar-refractivity contribution < 1.29 is 13.2 Å². The zero-order valence-corrected chi connectivity index (χ0v) is 17.5. The Balaban J connectivity index is 1.48. The van der Waals surface area contributed by atoms with E-state index in [0.717, 1.165) is 42.4 Å². The van der Waals surface area contributed by atoms with Crippen molar-refractivity contribution in [1.29, 1.82) is 0 Å². The van der Waals surface area contributed by atoms with Crippen LogP contribution in [0.3, 0.4) is 0 Å². The van der Waals surface area contributed by atoms with Gasteiger partial charge in [-0.15, -0.1) is 6.58 Å². The van der Waals surface area contributed by atoms with Gasteiger partial charge in [0.05, 0.1) is 5.56 Å². The fourth-order valence-electron chi connectivity index (χ4n) is 5.10. The molecular weight excluding hydrogens is 405 g/mol. The Kier molecular flexibility index (Phi) is 6.25. The van der Waals surface area contributed by atoms with Crippen LogP contribution in [-0.4, -0.2) is 0 Å². The van der Waals surface area contributed by atoms with Crippen LogP contribution < -0.4 is 0 Å². The fraction of sp³-hybridized carbons (Fsp3) is 0.385. The van der Waals surface area contributed by atoms with E-state index in [1.807, 2.05) is 6.07 Å². The molecule has 0 spiro atoms. The van der Waals surface area contributed by atoms with Crippen LogP contribution >= 0.6 is 11.6 Å². The van der Waals surface area contributed by atoms with Gasteiger partial charge in [0.25, 0.3) is 0 Å². The van der Waals surface area contributed by atoms with E-state index in [4.69, 9.17) is 11.6 Å². The number of hydrogen-bond acceptors (Lipinski definition) is 0. The second kappa shape index (κ2) is 8.90. The Morgan fingerprint density at radius 2 is 1.57 bits per heavy atom. The smallest absolute Gasteiger partial charge is 0.146 e. The molecule has 2 aliphatic rings. The maximum atomic E-state index is 14.7. The van der Waals surface area contributed by atoms with E-state index >= 15 is 0 Å². The lowest BCUT2D eigenvalue weighted by Gasteiger charge is -2.41. The predicted octanol–water partition coefficient (Wildman–Crippen LogP) is 7.64. The Bertz CT molecular complexity index is 994.